The summed E-state index contributed by atoms with van der Waals surface area (Å²) in [5.41, 5.74) is 2.04. The molecule has 0 radical (unpaired) electrons. The Kier molecular flexibility index (Phi) is 5.78. The number of hydrogen-bond acceptors (Lipinski definition) is 2. The Morgan fingerprint density at radius 3 is 2.71 bits per heavy atom. The van der Waals surface area contributed by atoms with Crippen molar-refractivity contribution in [2.75, 3.05) is 6.61 Å². The normalized spacial score (nSPS) is 11.4. The minimum absolute atomic E-state index is 0.258. The molecule has 0 aliphatic heterocycles. The van der Waals surface area contributed by atoms with Gasteiger partial charge in [0.25, 0.3) is 0 Å². The summed E-state index contributed by atoms with van der Waals surface area (Å²) in [6.07, 6.45) is 3.91. The van der Waals surface area contributed by atoms with E-state index in [0.717, 1.165) is 24.0 Å². The summed E-state index contributed by atoms with van der Waals surface area (Å²) in [4.78, 5) is 10.8. The van der Waals surface area contributed by atoms with Gasteiger partial charge in [0, 0.05) is 11.9 Å². The van der Waals surface area contributed by atoms with Crippen molar-refractivity contribution in [1.82, 2.24) is 0 Å². The van der Waals surface area contributed by atoms with Crippen molar-refractivity contribution in [2.24, 2.45) is 0 Å². The summed E-state index contributed by atoms with van der Waals surface area (Å²) in [6.45, 7) is 3.85. The molecule has 17 heavy (non-hydrogen) atoms. The summed E-state index contributed by atoms with van der Waals surface area (Å²) in [6, 6.07) is 7.63. The molecule has 0 bridgehead atoms. The Balaban J connectivity index is 2.82. The largest absolute Gasteiger partial charge is 0.461 e. The number of halogens is 1. The predicted octanol–water partition coefficient (Wildman–Crippen LogP) is 4.09. The molecule has 0 aliphatic rings. The highest BCUT2D eigenvalue weighted by atomic mass is 35.5. The van der Waals surface area contributed by atoms with E-state index >= 15 is 0 Å². The van der Waals surface area contributed by atoms with Crippen LogP contribution in [0.4, 0.5) is 0 Å². The van der Waals surface area contributed by atoms with E-state index in [-0.39, 0.29) is 5.97 Å². The SMILES string of the molecule is CCC/C(=C\c1ccccc1Cl)COC(C)=O. The van der Waals surface area contributed by atoms with Gasteiger partial charge in [0.15, 0.2) is 0 Å². The van der Waals surface area contributed by atoms with Gasteiger partial charge >= 0.3 is 5.97 Å². The van der Waals surface area contributed by atoms with E-state index in [2.05, 4.69) is 6.92 Å². The van der Waals surface area contributed by atoms with Gasteiger partial charge in [-0.25, -0.2) is 0 Å². The number of ether oxygens (including phenoxy) is 1. The molecule has 0 saturated heterocycles. The lowest BCUT2D eigenvalue weighted by atomic mass is 10.1. The van der Waals surface area contributed by atoms with Crippen LogP contribution in [-0.4, -0.2) is 12.6 Å². The van der Waals surface area contributed by atoms with Gasteiger partial charge in [-0.1, -0.05) is 49.2 Å². The Hall–Kier alpha value is -1.28. The van der Waals surface area contributed by atoms with E-state index in [1.807, 2.05) is 30.3 Å². The summed E-state index contributed by atoms with van der Waals surface area (Å²) >= 11 is 6.08. The first kappa shape index (κ1) is 13.8. The Bertz CT molecular complexity index is 410. The van der Waals surface area contributed by atoms with Crippen LogP contribution in [0.1, 0.15) is 32.3 Å². The van der Waals surface area contributed by atoms with Crippen LogP contribution < -0.4 is 0 Å². The van der Waals surface area contributed by atoms with Gasteiger partial charge in [0.05, 0.1) is 0 Å². The molecule has 1 rings (SSSR count). The molecule has 2 nitrogen and oxygen atoms in total. The second-order valence-electron chi connectivity index (χ2n) is 3.85. The number of carbonyl (C=O) groups is 1. The molecule has 0 aromatic heterocycles. The second kappa shape index (κ2) is 7.13. The fourth-order valence-corrected chi connectivity index (χ4v) is 1.70. The van der Waals surface area contributed by atoms with Gasteiger partial charge in [-0.05, 0) is 23.6 Å². The third-order valence-electron chi connectivity index (χ3n) is 2.30. The number of hydrogen-bond donors (Lipinski definition) is 0. The van der Waals surface area contributed by atoms with E-state index in [1.165, 1.54) is 6.92 Å². The number of rotatable bonds is 5. The summed E-state index contributed by atoms with van der Waals surface area (Å²) < 4.78 is 5.02. The smallest absolute Gasteiger partial charge is 0.302 e. The van der Waals surface area contributed by atoms with Crippen LogP contribution in [-0.2, 0) is 9.53 Å². The van der Waals surface area contributed by atoms with Crippen LogP contribution in [0.25, 0.3) is 6.08 Å². The van der Waals surface area contributed by atoms with E-state index in [1.54, 1.807) is 0 Å². The standard InChI is InChI=1S/C14H17ClO2/c1-3-6-12(10-17-11(2)16)9-13-7-4-5-8-14(13)15/h4-5,7-9H,3,6,10H2,1-2H3/b12-9+. The van der Waals surface area contributed by atoms with E-state index < -0.39 is 0 Å². The lowest BCUT2D eigenvalue weighted by Gasteiger charge is -2.07. The molecule has 1 aromatic rings. The van der Waals surface area contributed by atoms with Crippen LogP contribution in [0.3, 0.4) is 0 Å². The molecule has 0 atom stereocenters. The first-order valence-corrected chi connectivity index (χ1v) is 6.08. The Morgan fingerprint density at radius 2 is 2.12 bits per heavy atom. The molecule has 0 aliphatic carbocycles. The molecule has 0 saturated carbocycles. The van der Waals surface area contributed by atoms with E-state index in [0.29, 0.717) is 11.6 Å². The maximum Gasteiger partial charge on any atom is 0.302 e. The first-order chi connectivity index (χ1) is 8.13. The van der Waals surface area contributed by atoms with Crippen molar-refractivity contribution in [3.8, 4) is 0 Å². The van der Waals surface area contributed by atoms with Crippen molar-refractivity contribution in [3.63, 3.8) is 0 Å². The fraction of sp³-hybridized carbons (Fsp3) is 0.357. The number of carbonyl (C=O) groups excluding carboxylic acids is 1. The highest BCUT2D eigenvalue weighted by Gasteiger charge is 2.02. The summed E-state index contributed by atoms with van der Waals surface area (Å²) in [5, 5.41) is 0.712. The minimum atomic E-state index is -0.258. The molecule has 0 unspecified atom stereocenters. The monoisotopic (exact) mass is 252 g/mol. The van der Waals surface area contributed by atoms with Crippen LogP contribution in [0, 0.1) is 0 Å². The average molecular weight is 253 g/mol. The van der Waals surface area contributed by atoms with E-state index in [9.17, 15) is 4.79 Å². The maximum absolute atomic E-state index is 10.8. The third-order valence-corrected chi connectivity index (χ3v) is 2.64. The van der Waals surface area contributed by atoms with Crippen molar-refractivity contribution in [3.05, 3.63) is 40.4 Å². The molecule has 0 spiro atoms. The highest BCUT2D eigenvalue weighted by Crippen LogP contribution is 2.20. The highest BCUT2D eigenvalue weighted by molar-refractivity contribution is 6.32. The zero-order chi connectivity index (χ0) is 12.7. The molecule has 3 heteroatoms. The molecular formula is C14H17ClO2. The number of esters is 1. The van der Waals surface area contributed by atoms with Gasteiger partial charge < -0.3 is 4.74 Å². The first-order valence-electron chi connectivity index (χ1n) is 5.70. The molecule has 0 amide bonds. The van der Waals surface area contributed by atoms with Crippen molar-refractivity contribution < 1.29 is 9.53 Å². The van der Waals surface area contributed by atoms with Crippen LogP contribution >= 0.6 is 11.6 Å². The van der Waals surface area contributed by atoms with Crippen molar-refractivity contribution in [1.29, 1.82) is 0 Å². The minimum Gasteiger partial charge on any atom is -0.461 e. The molecule has 0 N–H and O–H groups in total. The second-order valence-corrected chi connectivity index (χ2v) is 4.26. The van der Waals surface area contributed by atoms with Crippen molar-refractivity contribution in [2.45, 2.75) is 26.7 Å². The Labute approximate surface area is 107 Å². The van der Waals surface area contributed by atoms with Gasteiger partial charge in [0.2, 0.25) is 0 Å². The van der Waals surface area contributed by atoms with Gasteiger partial charge in [-0.3, -0.25) is 4.79 Å². The molecule has 0 heterocycles. The van der Waals surface area contributed by atoms with E-state index in [4.69, 9.17) is 16.3 Å². The van der Waals surface area contributed by atoms with Crippen LogP contribution in [0.15, 0.2) is 29.8 Å². The molecule has 1 aromatic carbocycles. The van der Waals surface area contributed by atoms with Crippen LogP contribution in [0.2, 0.25) is 5.02 Å². The quantitative estimate of drug-likeness (QED) is 0.738. The summed E-state index contributed by atoms with van der Waals surface area (Å²) in [5.74, 6) is -0.258. The topological polar surface area (TPSA) is 26.3 Å². The molecule has 92 valence electrons. The Morgan fingerprint density at radius 1 is 1.41 bits per heavy atom. The molecule has 0 fully saturated rings. The third kappa shape index (κ3) is 5.05. The average Bonchev–Trinajstić information content (AvgIpc) is 2.29. The molecular weight excluding hydrogens is 236 g/mol. The van der Waals surface area contributed by atoms with Crippen molar-refractivity contribution >= 4 is 23.6 Å². The summed E-state index contributed by atoms with van der Waals surface area (Å²) in [7, 11) is 0. The maximum atomic E-state index is 10.8. The predicted molar refractivity (Wildman–Crippen MR) is 71.0 cm³/mol. The fourth-order valence-electron chi connectivity index (χ4n) is 1.51. The number of benzene rings is 1. The lowest BCUT2D eigenvalue weighted by molar-refractivity contribution is -0.140. The van der Waals surface area contributed by atoms with Gasteiger partial charge in [-0.15, -0.1) is 0 Å². The van der Waals surface area contributed by atoms with Gasteiger partial charge in [0.1, 0.15) is 6.61 Å². The van der Waals surface area contributed by atoms with Gasteiger partial charge in [-0.2, -0.15) is 0 Å². The van der Waals surface area contributed by atoms with Crippen LogP contribution in [0.5, 0.6) is 0 Å². The lowest BCUT2D eigenvalue weighted by Crippen LogP contribution is -2.03. The zero-order valence-corrected chi connectivity index (χ0v) is 11.0. The zero-order valence-electron chi connectivity index (χ0n) is 10.2.